The van der Waals surface area contributed by atoms with Gasteiger partial charge in [0.25, 0.3) is 0 Å². The second kappa shape index (κ2) is 13.2. The Hall–Kier alpha value is -3.78. The van der Waals surface area contributed by atoms with E-state index in [0.717, 1.165) is 16.5 Å². The van der Waals surface area contributed by atoms with Crippen molar-refractivity contribution in [1.82, 2.24) is 15.6 Å². The number of nitrogens with two attached hydrogens (primary N) is 1. The fraction of sp³-hybridized carbons (Fsp3) is 0.333. The number of hydrogen-bond donors (Lipinski definition) is 4. The third-order valence-corrected chi connectivity index (χ3v) is 5.73. The van der Waals surface area contributed by atoms with E-state index in [2.05, 4.69) is 20.9 Å². The number of rotatable bonds is 12. The zero-order chi connectivity index (χ0) is 25.0. The molecule has 2 atom stereocenters. The van der Waals surface area contributed by atoms with Crippen LogP contribution in [0.2, 0.25) is 0 Å². The van der Waals surface area contributed by atoms with Crippen molar-refractivity contribution in [2.45, 2.75) is 51.1 Å². The van der Waals surface area contributed by atoms with Gasteiger partial charge < -0.3 is 21.7 Å². The Morgan fingerprint density at radius 3 is 2.49 bits per heavy atom. The molecule has 3 rings (SSSR count). The molecule has 0 aliphatic rings. The van der Waals surface area contributed by atoms with Gasteiger partial charge in [-0.1, -0.05) is 55.5 Å². The van der Waals surface area contributed by atoms with Crippen LogP contribution in [0, 0.1) is 0 Å². The van der Waals surface area contributed by atoms with Crippen LogP contribution in [0.3, 0.4) is 0 Å². The summed E-state index contributed by atoms with van der Waals surface area (Å²) in [6.07, 6.45) is 4.03. The van der Waals surface area contributed by atoms with E-state index in [4.69, 9.17) is 5.73 Å². The summed E-state index contributed by atoms with van der Waals surface area (Å²) < 4.78 is 0. The van der Waals surface area contributed by atoms with Gasteiger partial charge in [0.05, 0.1) is 23.4 Å². The molecule has 0 aliphatic carbocycles. The number of para-hydroxylation sites is 1. The molecule has 0 fully saturated rings. The van der Waals surface area contributed by atoms with E-state index in [1.165, 1.54) is 0 Å². The highest BCUT2D eigenvalue weighted by Crippen LogP contribution is 2.17. The van der Waals surface area contributed by atoms with E-state index in [9.17, 15) is 14.4 Å². The van der Waals surface area contributed by atoms with Crippen LogP contribution in [0.5, 0.6) is 0 Å². The summed E-state index contributed by atoms with van der Waals surface area (Å²) in [5.74, 6) is -0.755. The molecule has 0 bridgehead atoms. The van der Waals surface area contributed by atoms with Crippen LogP contribution >= 0.6 is 0 Å². The number of hydrogen-bond acceptors (Lipinski definition) is 5. The lowest BCUT2D eigenvalue weighted by atomic mass is 10.0. The summed E-state index contributed by atoms with van der Waals surface area (Å²) in [6.45, 7) is 2.24. The fourth-order valence-corrected chi connectivity index (χ4v) is 3.68. The predicted molar refractivity (Wildman–Crippen MR) is 138 cm³/mol. The van der Waals surface area contributed by atoms with Gasteiger partial charge >= 0.3 is 0 Å². The third-order valence-electron chi connectivity index (χ3n) is 5.73. The molecule has 8 nitrogen and oxygen atoms in total. The molecule has 0 radical (unpaired) electrons. The summed E-state index contributed by atoms with van der Waals surface area (Å²) in [7, 11) is 0. The molecule has 184 valence electrons. The maximum Gasteiger partial charge on any atom is 0.247 e. The summed E-state index contributed by atoms with van der Waals surface area (Å²) in [5, 5.41) is 9.38. The summed E-state index contributed by atoms with van der Waals surface area (Å²) in [4.78, 5) is 41.7. The normalized spacial score (nSPS) is 12.5. The zero-order valence-electron chi connectivity index (χ0n) is 20.0. The molecule has 8 heteroatoms. The number of aryl methyl sites for hydroxylation is 1. The van der Waals surface area contributed by atoms with Gasteiger partial charge in [0.15, 0.2) is 0 Å². The number of aromatic nitrogens is 1. The first-order valence-corrected chi connectivity index (χ1v) is 12.0. The van der Waals surface area contributed by atoms with Gasteiger partial charge in [0.2, 0.25) is 17.7 Å². The van der Waals surface area contributed by atoms with Crippen LogP contribution in [0.15, 0.2) is 66.9 Å². The van der Waals surface area contributed by atoms with Gasteiger partial charge in [-0.3, -0.25) is 19.4 Å². The molecule has 2 aromatic carbocycles. The quantitative estimate of drug-likeness (QED) is 0.300. The van der Waals surface area contributed by atoms with Gasteiger partial charge in [-0.25, -0.2) is 0 Å². The van der Waals surface area contributed by atoms with E-state index >= 15 is 0 Å². The topological polar surface area (TPSA) is 126 Å². The van der Waals surface area contributed by atoms with Gasteiger partial charge in [-0.05, 0) is 43.4 Å². The highest BCUT2D eigenvalue weighted by atomic mass is 16.2. The Bertz CT molecular complexity index is 1140. The maximum absolute atomic E-state index is 13.2. The Morgan fingerprint density at radius 2 is 1.71 bits per heavy atom. The Morgan fingerprint density at radius 1 is 0.971 bits per heavy atom. The number of nitrogens with one attached hydrogen (secondary N) is 3. The van der Waals surface area contributed by atoms with Crippen molar-refractivity contribution >= 4 is 34.3 Å². The number of pyridine rings is 1. The fourth-order valence-electron chi connectivity index (χ4n) is 3.68. The zero-order valence-corrected chi connectivity index (χ0v) is 20.0. The van der Waals surface area contributed by atoms with Crippen LogP contribution < -0.4 is 21.7 Å². The summed E-state index contributed by atoms with van der Waals surface area (Å²) in [6, 6.07) is 17.7. The Kier molecular flexibility index (Phi) is 9.74. The van der Waals surface area contributed by atoms with Crippen molar-refractivity contribution < 1.29 is 14.4 Å². The van der Waals surface area contributed by atoms with E-state index in [-0.39, 0.29) is 11.8 Å². The number of benzene rings is 2. The lowest BCUT2D eigenvalue weighted by Crippen LogP contribution is -2.50. The molecule has 1 aromatic heterocycles. The van der Waals surface area contributed by atoms with Crippen molar-refractivity contribution in [2.75, 3.05) is 11.9 Å². The smallest absolute Gasteiger partial charge is 0.247 e. The van der Waals surface area contributed by atoms with Gasteiger partial charge in [0, 0.05) is 18.4 Å². The molecule has 3 aromatic rings. The molecule has 1 heterocycles. The highest BCUT2D eigenvalue weighted by Gasteiger charge is 2.24. The molecule has 3 amide bonds. The lowest BCUT2D eigenvalue weighted by Gasteiger charge is -2.21. The number of amides is 3. The van der Waals surface area contributed by atoms with Gasteiger partial charge in [-0.2, -0.15) is 0 Å². The van der Waals surface area contributed by atoms with Crippen LogP contribution in [-0.4, -0.2) is 41.3 Å². The molecule has 0 saturated heterocycles. The SMILES string of the molecule is CCC(=O)NCCC[C@H](N)C(=O)N[C@H](CCc1ccccc1)C(=O)Nc1cnc2ccccc2c1. The second-order valence-electron chi connectivity index (χ2n) is 8.44. The second-order valence-corrected chi connectivity index (χ2v) is 8.44. The molecular weight excluding hydrogens is 442 g/mol. The molecular formula is C27H33N5O3. The number of anilines is 1. The van der Waals surface area contributed by atoms with Crippen molar-refractivity contribution in [1.29, 1.82) is 0 Å². The van der Waals surface area contributed by atoms with Crippen LogP contribution in [-0.2, 0) is 20.8 Å². The van der Waals surface area contributed by atoms with Crippen LogP contribution in [0.25, 0.3) is 10.9 Å². The molecule has 0 spiro atoms. The number of carbonyl (C=O) groups is 3. The first-order valence-electron chi connectivity index (χ1n) is 12.0. The predicted octanol–water partition coefficient (Wildman–Crippen LogP) is 2.92. The van der Waals surface area contributed by atoms with Crippen molar-refractivity contribution in [3.05, 3.63) is 72.4 Å². The van der Waals surface area contributed by atoms with Gasteiger partial charge in [-0.15, -0.1) is 0 Å². The standard InChI is InChI=1S/C27H33N5O3/c1-2-25(33)29-16-8-12-22(28)26(34)32-24(15-14-19-9-4-3-5-10-19)27(35)31-21-17-20-11-6-7-13-23(20)30-18-21/h3-7,9-11,13,17-18,22,24H,2,8,12,14-16,28H2,1H3,(H,29,33)(H,31,35)(H,32,34)/t22-,24+/m0/s1. The first-order chi connectivity index (χ1) is 17.0. The van der Waals surface area contributed by atoms with Crippen molar-refractivity contribution in [3.63, 3.8) is 0 Å². The van der Waals surface area contributed by atoms with E-state index in [1.54, 1.807) is 13.1 Å². The minimum Gasteiger partial charge on any atom is -0.356 e. The molecule has 35 heavy (non-hydrogen) atoms. The van der Waals surface area contributed by atoms with Crippen LogP contribution in [0.4, 0.5) is 5.69 Å². The van der Waals surface area contributed by atoms with Crippen molar-refractivity contribution in [2.24, 2.45) is 5.73 Å². The largest absolute Gasteiger partial charge is 0.356 e. The average molecular weight is 476 g/mol. The monoisotopic (exact) mass is 475 g/mol. The number of nitrogens with zero attached hydrogens (tertiary/aromatic N) is 1. The van der Waals surface area contributed by atoms with Crippen molar-refractivity contribution in [3.8, 4) is 0 Å². The highest BCUT2D eigenvalue weighted by molar-refractivity contribution is 5.98. The molecule has 0 aliphatic heterocycles. The van der Waals surface area contributed by atoms with E-state index in [0.29, 0.717) is 44.3 Å². The number of carbonyl (C=O) groups excluding carboxylic acids is 3. The molecule has 5 N–H and O–H groups in total. The van der Waals surface area contributed by atoms with E-state index < -0.39 is 18.0 Å². The van der Waals surface area contributed by atoms with Crippen LogP contribution in [0.1, 0.15) is 38.2 Å². The molecule has 0 unspecified atom stereocenters. The number of fused-ring (bicyclic) bond motifs is 1. The summed E-state index contributed by atoms with van der Waals surface area (Å²) >= 11 is 0. The Labute approximate surface area is 205 Å². The van der Waals surface area contributed by atoms with Gasteiger partial charge in [0.1, 0.15) is 6.04 Å². The lowest BCUT2D eigenvalue weighted by molar-refractivity contribution is -0.127. The minimum absolute atomic E-state index is 0.0381. The first kappa shape index (κ1) is 25.8. The van der Waals surface area contributed by atoms with E-state index in [1.807, 2.05) is 60.7 Å². The minimum atomic E-state index is -0.775. The Balaban J connectivity index is 1.63. The third kappa shape index (κ3) is 8.19. The summed E-state index contributed by atoms with van der Waals surface area (Å²) in [5.41, 5.74) is 8.54. The molecule has 0 saturated carbocycles. The maximum atomic E-state index is 13.2. The average Bonchev–Trinajstić information content (AvgIpc) is 2.88.